The van der Waals surface area contributed by atoms with Crippen LogP contribution in [0.3, 0.4) is 0 Å². The van der Waals surface area contributed by atoms with Crippen molar-refractivity contribution in [3.63, 3.8) is 0 Å². The molecule has 2 aromatic carbocycles. The first-order valence-electron chi connectivity index (χ1n) is 15.8. The van der Waals surface area contributed by atoms with Crippen molar-refractivity contribution >= 4 is 23.2 Å². The quantitative estimate of drug-likeness (QED) is 0.331. The summed E-state index contributed by atoms with van der Waals surface area (Å²) in [5, 5.41) is 0.684. The van der Waals surface area contributed by atoms with E-state index in [2.05, 4.69) is 32.6 Å². The summed E-state index contributed by atoms with van der Waals surface area (Å²) in [5.41, 5.74) is 5.63. The van der Waals surface area contributed by atoms with Crippen molar-refractivity contribution in [1.29, 1.82) is 0 Å². The molecule has 1 heterocycles. The summed E-state index contributed by atoms with van der Waals surface area (Å²) in [4.78, 5) is 30.9. The van der Waals surface area contributed by atoms with Gasteiger partial charge in [0.05, 0.1) is 7.11 Å². The third-order valence-electron chi connectivity index (χ3n) is 9.72. The number of hydrogen-bond donors (Lipinski definition) is 0. The number of ketones is 2. The van der Waals surface area contributed by atoms with Crippen molar-refractivity contribution in [3.8, 4) is 11.5 Å². The van der Waals surface area contributed by atoms with Gasteiger partial charge in [0.2, 0.25) is 0 Å². The number of hydrogen-bond acceptors (Lipinski definition) is 5. The van der Waals surface area contributed by atoms with E-state index < -0.39 is 5.92 Å². The van der Waals surface area contributed by atoms with E-state index in [-0.39, 0.29) is 22.4 Å². The van der Waals surface area contributed by atoms with Crippen molar-refractivity contribution in [3.05, 3.63) is 81.2 Å². The summed E-state index contributed by atoms with van der Waals surface area (Å²) < 4.78 is 12.0. The minimum Gasteiger partial charge on any atom is -0.493 e. The fourth-order valence-electron chi connectivity index (χ4n) is 7.83. The summed E-state index contributed by atoms with van der Waals surface area (Å²) in [6, 6.07) is 13.8. The number of carbonyl (C=O) groups is 2. The van der Waals surface area contributed by atoms with Gasteiger partial charge in [-0.25, -0.2) is 0 Å². The molecule has 1 saturated carbocycles. The summed E-state index contributed by atoms with van der Waals surface area (Å²) in [7, 11) is 1.64. The molecule has 0 amide bonds. The highest BCUT2D eigenvalue weighted by molar-refractivity contribution is 6.30. The van der Waals surface area contributed by atoms with Crippen LogP contribution in [-0.4, -0.2) is 29.6 Å². The van der Waals surface area contributed by atoms with E-state index in [4.69, 9.17) is 21.1 Å². The summed E-state index contributed by atoms with van der Waals surface area (Å²) in [6.45, 7) is 9.20. The lowest BCUT2D eigenvalue weighted by atomic mass is 9.63. The van der Waals surface area contributed by atoms with Gasteiger partial charge in [-0.05, 0) is 71.9 Å². The Morgan fingerprint density at radius 2 is 1.37 bits per heavy atom. The van der Waals surface area contributed by atoms with Crippen molar-refractivity contribution in [2.75, 3.05) is 7.11 Å². The van der Waals surface area contributed by atoms with Gasteiger partial charge in [-0.15, -0.1) is 0 Å². The number of Topliss-reactive ketones (excluding diaryl/α,β-unsaturated/α-hetero) is 2. The van der Waals surface area contributed by atoms with E-state index in [9.17, 15) is 9.59 Å². The lowest BCUT2D eigenvalue weighted by molar-refractivity contribution is -0.119. The maximum atomic E-state index is 14.2. The standard InChI is InChI=1S/C37H44ClNO4/c1-36(2)18-27-34(29(40)20-36)33(24-13-16-31(32(17-24)42-5)43-22-23-11-14-25(38)15-12-23)35-28(19-37(3,4)21-30(35)41)39(27)26-9-7-6-8-10-26/h11-17,26,33H,6-10,18-22H2,1-5H3. The van der Waals surface area contributed by atoms with Gasteiger partial charge in [-0.1, -0.05) is 76.8 Å². The number of ether oxygens (including phenoxy) is 2. The largest absolute Gasteiger partial charge is 0.493 e. The third kappa shape index (κ3) is 5.90. The summed E-state index contributed by atoms with van der Waals surface area (Å²) >= 11 is 6.05. The molecule has 228 valence electrons. The van der Waals surface area contributed by atoms with Crippen LogP contribution in [0.25, 0.3) is 0 Å². The van der Waals surface area contributed by atoms with Crippen LogP contribution in [0, 0.1) is 10.8 Å². The molecule has 0 spiro atoms. The zero-order valence-corrected chi connectivity index (χ0v) is 27.0. The van der Waals surface area contributed by atoms with Gasteiger partial charge >= 0.3 is 0 Å². The van der Waals surface area contributed by atoms with Crippen LogP contribution < -0.4 is 9.47 Å². The Labute approximate surface area is 261 Å². The second-order valence-electron chi connectivity index (χ2n) is 14.5. The Kier molecular flexibility index (Phi) is 8.00. The SMILES string of the molecule is COc1cc(C2C3=C(CC(C)(C)CC3=O)N(C3CCCCC3)C3=C2C(=O)CC(C)(C)C3)ccc1OCc1ccc(Cl)cc1. The predicted molar refractivity (Wildman–Crippen MR) is 170 cm³/mol. The van der Waals surface area contributed by atoms with Crippen molar-refractivity contribution < 1.29 is 19.1 Å². The Balaban J connectivity index is 1.47. The molecule has 1 aliphatic heterocycles. The van der Waals surface area contributed by atoms with Crippen LogP contribution in [-0.2, 0) is 16.2 Å². The molecule has 0 atom stereocenters. The van der Waals surface area contributed by atoms with Gasteiger partial charge in [0.1, 0.15) is 6.61 Å². The molecule has 0 saturated heterocycles. The molecule has 2 aromatic rings. The van der Waals surface area contributed by atoms with E-state index in [1.807, 2.05) is 42.5 Å². The van der Waals surface area contributed by atoms with Crippen LogP contribution in [0.2, 0.25) is 5.02 Å². The Bertz CT molecular complexity index is 1440. The lowest BCUT2D eigenvalue weighted by Crippen LogP contribution is -2.48. The first-order valence-corrected chi connectivity index (χ1v) is 16.2. The fraction of sp³-hybridized carbons (Fsp3) is 0.514. The molecule has 5 nitrogen and oxygen atoms in total. The van der Waals surface area contributed by atoms with Gasteiger partial charge in [-0.3, -0.25) is 9.59 Å². The maximum absolute atomic E-state index is 14.2. The highest BCUT2D eigenvalue weighted by atomic mass is 35.5. The number of rotatable bonds is 6. The maximum Gasteiger partial charge on any atom is 0.162 e. The topological polar surface area (TPSA) is 55.8 Å². The zero-order valence-electron chi connectivity index (χ0n) is 26.2. The second kappa shape index (κ2) is 11.5. The highest BCUT2D eigenvalue weighted by Gasteiger charge is 2.50. The minimum absolute atomic E-state index is 0.128. The molecule has 0 aromatic heterocycles. The van der Waals surface area contributed by atoms with Gasteiger partial charge in [0, 0.05) is 52.4 Å². The average molecular weight is 602 g/mol. The molecule has 6 rings (SSSR count). The summed E-state index contributed by atoms with van der Waals surface area (Å²) in [6.07, 6.45) is 8.51. The van der Waals surface area contributed by atoms with Crippen LogP contribution in [0.15, 0.2) is 65.0 Å². The molecular weight excluding hydrogens is 558 g/mol. The molecule has 0 unspecified atom stereocenters. The van der Waals surface area contributed by atoms with E-state index in [0.717, 1.165) is 59.4 Å². The molecular formula is C37H44ClNO4. The minimum atomic E-state index is -0.392. The van der Waals surface area contributed by atoms with Gasteiger partial charge in [0.25, 0.3) is 0 Å². The number of nitrogens with zero attached hydrogens (tertiary/aromatic N) is 1. The van der Waals surface area contributed by atoms with Gasteiger partial charge in [0.15, 0.2) is 23.1 Å². The van der Waals surface area contributed by atoms with E-state index in [1.54, 1.807) is 7.11 Å². The monoisotopic (exact) mass is 601 g/mol. The van der Waals surface area contributed by atoms with Gasteiger partial charge in [-0.2, -0.15) is 0 Å². The normalized spacial score (nSPS) is 22.4. The molecule has 6 heteroatoms. The number of benzene rings is 2. The number of methoxy groups -OCH3 is 1. The third-order valence-corrected chi connectivity index (χ3v) is 9.97. The Morgan fingerprint density at radius 3 is 1.93 bits per heavy atom. The number of allylic oxidation sites excluding steroid dienone is 4. The van der Waals surface area contributed by atoms with Crippen molar-refractivity contribution in [2.45, 2.75) is 104 Å². The molecule has 3 aliphatic carbocycles. The Morgan fingerprint density at radius 1 is 0.791 bits per heavy atom. The molecule has 0 radical (unpaired) electrons. The number of carbonyl (C=O) groups excluding carboxylic acids is 2. The van der Waals surface area contributed by atoms with Crippen LogP contribution in [0.4, 0.5) is 0 Å². The highest BCUT2D eigenvalue weighted by Crippen LogP contribution is 2.56. The summed E-state index contributed by atoms with van der Waals surface area (Å²) in [5.74, 6) is 1.16. The van der Waals surface area contributed by atoms with E-state index in [1.165, 1.54) is 19.3 Å². The second-order valence-corrected chi connectivity index (χ2v) is 15.0. The molecule has 0 N–H and O–H groups in total. The van der Waals surface area contributed by atoms with Crippen LogP contribution in [0.5, 0.6) is 11.5 Å². The predicted octanol–water partition coefficient (Wildman–Crippen LogP) is 8.95. The van der Waals surface area contributed by atoms with E-state index >= 15 is 0 Å². The lowest BCUT2D eigenvalue weighted by Gasteiger charge is -2.52. The molecule has 43 heavy (non-hydrogen) atoms. The first kappa shape index (κ1) is 30.0. The zero-order chi connectivity index (χ0) is 30.5. The fourth-order valence-corrected chi connectivity index (χ4v) is 7.96. The van der Waals surface area contributed by atoms with Gasteiger partial charge < -0.3 is 14.4 Å². The van der Waals surface area contributed by atoms with Crippen LogP contribution >= 0.6 is 11.6 Å². The van der Waals surface area contributed by atoms with Crippen molar-refractivity contribution in [2.24, 2.45) is 10.8 Å². The smallest absolute Gasteiger partial charge is 0.162 e. The Hall–Kier alpha value is -3.05. The van der Waals surface area contributed by atoms with Crippen LogP contribution in [0.1, 0.15) is 103 Å². The molecule has 0 bridgehead atoms. The molecule has 4 aliphatic rings. The van der Waals surface area contributed by atoms with E-state index in [0.29, 0.717) is 42.0 Å². The van der Waals surface area contributed by atoms with Crippen molar-refractivity contribution in [1.82, 2.24) is 4.90 Å². The first-order chi connectivity index (χ1) is 20.5. The molecule has 1 fully saturated rings. The number of halogens is 1. The average Bonchev–Trinajstić information content (AvgIpc) is 2.95.